The number of aromatic nitrogens is 1. The number of aryl methyl sites for hydroxylation is 1. The van der Waals surface area contributed by atoms with Crippen molar-refractivity contribution in [3.63, 3.8) is 0 Å². The van der Waals surface area contributed by atoms with E-state index in [0.29, 0.717) is 12.8 Å². The molecule has 1 fully saturated rings. The Morgan fingerprint density at radius 1 is 1.37 bits per heavy atom. The molecule has 0 radical (unpaired) electrons. The third kappa shape index (κ3) is 3.07. The van der Waals surface area contributed by atoms with Crippen LogP contribution in [0.2, 0.25) is 0 Å². The van der Waals surface area contributed by atoms with E-state index in [1.165, 1.54) is 0 Å². The number of thioether (sulfide) groups is 1. The average Bonchev–Trinajstić information content (AvgIpc) is 2.39. The van der Waals surface area contributed by atoms with Gasteiger partial charge in [-0.25, -0.2) is 9.78 Å². The van der Waals surface area contributed by atoms with Crippen molar-refractivity contribution < 1.29 is 14.7 Å². The summed E-state index contributed by atoms with van der Waals surface area (Å²) in [4.78, 5) is 27.7. The Hall–Kier alpha value is -1.56. The van der Waals surface area contributed by atoms with E-state index in [0.717, 1.165) is 17.2 Å². The van der Waals surface area contributed by atoms with Crippen molar-refractivity contribution in [3.05, 3.63) is 29.6 Å². The Morgan fingerprint density at radius 2 is 2.05 bits per heavy atom. The lowest BCUT2D eigenvalue weighted by molar-refractivity contribution is -0.144. The van der Waals surface area contributed by atoms with E-state index in [-0.39, 0.29) is 5.69 Å². The number of nitrogens with one attached hydrogen (secondary N) is 1. The number of nitrogens with zero attached hydrogens (tertiary/aromatic N) is 1. The van der Waals surface area contributed by atoms with Gasteiger partial charge in [0.15, 0.2) is 0 Å². The minimum atomic E-state index is -1.15. The molecule has 1 aromatic heterocycles. The molecule has 2 N–H and O–H groups in total. The summed E-state index contributed by atoms with van der Waals surface area (Å²) in [6.45, 7) is 1.79. The summed E-state index contributed by atoms with van der Waals surface area (Å²) < 4.78 is 0. The first-order valence-corrected chi connectivity index (χ1v) is 7.26. The Labute approximate surface area is 115 Å². The number of rotatable bonds is 3. The van der Waals surface area contributed by atoms with Crippen LogP contribution in [0.15, 0.2) is 18.2 Å². The smallest absolute Gasteiger partial charge is 0.329 e. The van der Waals surface area contributed by atoms with Crippen LogP contribution in [-0.2, 0) is 4.79 Å². The minimum absolute atomic E-state index is 0.263. The van der Waals surface area contributed by atoms with E-state index < -0.39 is 17.4 Å². The molecule has 1 aliphatic rings. The predicted octanol–water partition coefficient (Wildman–Crippen LogP) is 1.47. The second-order valence-electron chi connectivity index (χ2n) is 4.62. The Balaban J connectivity index is 2.18. The van der Waals surface area contributed by atoms with Crippen molar-refractivity contribution >= 4 is 23.6 Å². The Kier molecular flexibility index (Phi) is 4.09. The number of carbonyl (C=O) groups is 2. The number of hydrogen-bond acceptors (Lipinski definition) is 4. The van der Waals surface area contributed by atoms with Crippen molar-refractivity contribution in [1.29, 1.82) is 0 Å². The highest BCUT2D eigenvalue weighted by Crippen LogP contribution is 2.27. The molecular weight excluding hydrogens is 264 g/mol. The topological polar surface area (TPSA) is 79.3 Å². The zero-order valence-electron chi connectivity index (χ0n) is 10.7. The fourth-order valence-corrected chi connectivity index (χ4v) is 3.25. The number of aliphatic carboxylic acids is 1. The molecule has 1 saturated heterocycles. The standard InChI is InChI=1S/C13H16N2O3S/c1-9-3-2-4-10(14-9)11(16)15-13(12(17)18)5-7-19-8-6-13/h2-4H,5-8H2,1H3,(H,15,16)(H,17,18). The largest absolute Gasteiger partial charge is 0.480 e. The quantitative estimate of drug-likeness (QED) is 0.876. The van der Waals surface area contributed by atoms with Gasteiger partial charge in [0.25, 0.3) is 5.91 Å². The molecule has 6 heteroatoms. The van der Waals surface area contributed by atoms with E-state index >= 15 is 0 Å². The van der Waals surface area contributed by atoms with Crippen molar-refractivity contribution in [2.24, 2.45) is 0 Å². The van der Waals surface area contributed by atoms with Gasteiger partial charge >= 0.3 is 5.97 Å². The monoisotopic (exact) mass is 280 g/mol. The van der Waals surface area contributed by atoms with Gasteiger partial charge in [0.1, 0.15) is 11.2 Å². The summed E-state index contributed by atoms with van der Waals surface area (Å²) in [7, 11) is 0. The van der Waals surface area contributed by atoms with Gasteiger partial charge in [0.2, 0.25) is 0 Å². The van der Waals surface area contributed by atoms with Crippen molar-refractivity contribution in [3.8, 4) is 0 Å². The van der Waals surface area contributed by atoms with Crippen LogP contribution in [0.1, 0.15) is 29.0 Å². The lowest BCUT2D eigenvalue weighted by atomic mass is 9.92. The van der Waals surface area contributed by atoms with Gasteiger partial charge in [-0.15, -0.1) is 0 Å². The van der Waals surface area contributed by atoms with Gasteiger partial charge in [-0.3, -0.25) is 4.79 Å². The van der Waals surface area contributed by atoms with Crippen LogP contribution in [0.4, 0.5) is 0 Å². The molecular formula is C13H16N2O3S. The zero-order chi connectivity index (χ0) is 13.9. The molecule has 0 bridgehead atoms. The first-order chi connectivity index (χ1) is 9.03. The molecule has 0 aromatic carbocycles. The first-order valence-electron chi connectivity index (χ1n) is 6.11. The van der Waals surface area contributed by atoms with Crippen molar-refractivity contribution in [1.82, 2.24) is 10.3 Å². The van der Waals surface area contributed by atoms with Gasteiger partial charge in [-0.05, 0) is 43.4 Å². The van der Waals surface area contributed by atoms with Crippen molar-refractivity contribution in [2.75, 3.05) is 11.5 Å². The average molecular weight is 280 g/mol. The van der Waals surface area contributed by atoms with Gasteiger partial charge < -0.3 is 10.4 Å². The number of carbonyl (C=O) groups excluding carboxylic acids is 1. The van der Waals surface area contributed by atoms with E-state index in [2.05, 4.69) is 10.3 Å². The normalized spacial score (nSPS) is 17.7. The molecule has 0 unspecified atom stereocenters. The lowest BCUT2D eigenvalue weighted by Gasteiger charge is -2.33. The highest BCUT2D eigenvalue weighted by atomic mass is 32.2. The molecule has 19 heavy (non-hydrogen) atoms. The van der Waals surface area contributed by atoms with Gasteiger partial charge in [0, 0.05) is 5.69 Å². The van der Waals surface area contributed by atoms with Gasteiger partial charge in [-0.2, -0.15) is 11.8 Å². The molecule has 0 atom stereocenters. The summed E-state index contributed by atoms with van der Waals surface area (Å²) in [5.74, 6) is 0.105. The van der Waals surface area contributed by atoms with Crippen LogP contribution in [-0.4, -0.2) is 39.0 Å². The molecule has 0 spiro atoms. The molecule has 0 aliphatic carbocycles. The molecule has 5 nitrogen and oxygen atoms in total. The number of pyridine rings is 1. The number of hydrogen-bond donors (Lipinski definition) is 2. The second-order valence-corrected chi connectivity index (χ2v) is 5.84. The highest BCUT2D eigenvalue weighted by molar-refractivity contribution is 7.99. The molecule has 102 valence electrons. The van der Waals surface area contributed by atoms with Crippen LogP contribution in [0.3, 0.4) is 0 Å². The first kappa shape index (κ1) is 13.9. The van der Waals surface area contributed by atoms with Crippen LogP contribution in [0, 0.1) is 6.92 Å². The summed E-state index contributed by atoms with van der Waals surface area (Å²) in [5, 5.41) is 12.1. The minimum Gasteiger partial charge on any atom is -0.480 e. The van der Waals surface area contributed by atoms with E-state index in [4.69, 9.17) is 0 Å². The predicted molar refractivity (Wildman–Crippen MR) is 73.4 cm³/mol. The summed E-state index contributed by atoms with van der Waals surface area (Å²) in [6, 6.07) is 5.12. The number of carboxylic acid groups (broad SMARTS) is 1. The number of amides is 1. The highest BCUT2D eigenvalue weighted by Gasteiger charge is 2.41. The third-order valence-electron chi connectivity index (χ3n) is 3.23. The Morgan fingerprint density at radius 3 is 2.63 bits per heavy atom. The van der Waals surface area contributed by atoms with Crippen LogP contribution < -0.4 is 5.32 Å². The van der Waals surface area contributed by atoms with E-state index in [9.17, 15) is 14.7 Å². The zero-order valence-corrected chi connectivity index (χ0v) is 11.5. The number of carboxylic acids is 1. The maximum absolute atomic E-state index is 12.1. The van der Waals surface area contributed by atoms with Gasteiger partial charge in [-0.1, -0.05) is 6.07 Å². The molecule has 2 heterocycles. The summed E-state index contributed by atoms with van der Waals surface area (Å²) in [6.07, 6.45) is 0.898. The summed E-state index contributed by atoms with van der Waals surface area (Å²) >= 11 is 1.71. The Bertz CT molecular complexity index is 498. The lowest BCUT2D eigenvalue weighted by Crippen LogP contribution is -2.56. The van der Waals surface area contributed by atoms with E-state index in [1.807, 2.05) is 0 Å². The molecule has 2 rings (SSSR count). The van der Waals surface area contributed by atoms with Crippen LogP contribution >= 0.6 is 11.8 Å². The maximum Gasteiger partial charge on any atom is 0.329 e. The van der Waals surface area contributed by atoms with E-state index in [1.54, 1.807) is 36.9 Å². The SMILES string of the molecule is Cc1cccc(C(=O)NC2(C(=O)O)CCSCC2)n1. The molecule has 0 saturated carbocycles. The molecule has 1 aliphatic heterocycles. The molecule has 1 amide bonds. The molecule has 1 aromatic rings. The van der Waals surface area contributed by atoms with Gasteiger partial charge in [0.05, 0.1) is 0 Å². The summed E-state index contributed by atoms with van der Waals surface area (Å²) in [5.41, 5.74) is -0.150. The third-order valence-corrected chi connectivity index (χ3v) is 4.22. The fraction of sp³-hybridized carbons (Fsp3) is 0.462. The van der Waals surface area contributed by atoms with Crippen LogP contribution in [0.25, 0.3) is 0 Å². The maximum atomic E-state index is 12.1. The fourth-order valence-electron chi connectivity index (χ4n) is 2.06. The van der Waals surface area contributed by atoms with Crippen molar-refractivity contribution in [2.45, 2.75) is 25.3 Å². The van der Waals surface area contributed by atoms with Crippen LogP contribution in [0.5, 0.6) is 0 Å². The second kappa shape index (κ2) is 5.61.